The third-order valence-electron chi connectivity index (χ3n) is 3.02. The van der Waals surface area contributed by atoms with Crippen LogP contribution in [-0.2, 0) is 0 Å². The van der Waals surface area contributed by atoms with Crippen LogP contribution in [0.1, 0.15) is 32.6 Å². The summed E-state index contributed by atoms with van der Waals surface area (Å²) in [5.74, 6) is 0. The molecule has 3 heteroatoms. The van der Waals surface area contributed by atoms with E-state index in [1.54, 1.807) is 0 Å². The van der Waals surface area contributed by atoms with Crippen molar-refractivity contribution in [3.05, 3.63) is 51.3 Å². The predicted octanol–water partition coefficient (Wildman–Crippen LogP) is 5.97. The van der Waals surface area contributed by atoms with E-state index in [0.29, 0.717) is 0 Å². The first-order chi connectivity index (χ1) is 9.83. The Morgan fingerprint density at radius 2 is 2.00 bits per heavy atom. The van der Waals surface area contributed by atoms with Crippen molar-refractivity contribution in [2.24, 2.45) is 0 Å². The molecule has 1 aromatic heterocycles. The zero-order valence-corrected chi connectivity index (χ0v) is 15.4. The molecule has 0 unspecified atom stereocenters. The highest BCUT2D eigenvalue weighted by Gasteiger charge is 2.08. The Morgan fingerprint density at radius 3 is 2.67 bits per heavy atom. The maximum absolute atomic E-state index is 3.53. The van der Waals surface area contributed by atoms with E-state index < -0.39 is 0 Å². The zero-order chi connectivity index (χ0) is 15.5. The van der Waals surface area contributed by atoms with Gasteiger partial charge in [-0.05, 0) is 63.6 Å². The van der Waals surface area contributed by atoms with Gasteiger partial charge in [-0.15, -0.1) is 11.3 Å². The maximum Gasteiger partial charge on any atom is 0.0349 e. The van der Waals surface area contributed by atoms with Gasteiger partial charge in [-0.2, -0.15) is 0 Å². The molecule has 0 bridgehead atoms. The van der Waals surface area contributed by atoms with Crippen LogP contribution in [-0.4, -0.2) is 12.1 Å². The van der Waals surface area contributed by atoms with Crippen LogP contribution < -0.4 is 5.32 Å². The van der Waals surface area contributed by atoms with Crippen molar-refractivity contribution in [2.45, 2.75) is 33.2 Å². The smallest absolute Gasteiger partial charge is 0.0349 e. The summed E-state index contributed by atoms with van der Waals surface area (Å²) >= 11 is 5.36. The molecule has 0 amide bonds. The summed E-state index contributed by atoms with van der Waals surface area (Å²) in [4.78, 5) is 2.61. The van der Waals surface area contributed by atoms with Crippen LogP contribution in [0.25, 0.3) is 16.5 Å². The van der Waals surface area contributed by atoms with Crippen LogP contribution >= 0.6 is 27.3 Å². The Hall–Kier alpha value is -0.900. The van der Waals surface area contributed by atoms with Gasteiger partial charge in [0.05, 0.1) is 0 Å². The molecule has 0 fully saturated rings. The highest BCUT2D eigenvalue weighted by Crippen LogP contribution is 2.30. The lowest BCUT2D eigenvalue weighted by molar-refractivity contribution is 0.445. The lowest BCUT2D eigenvalue weighted by Crippen LogP contribution is -2.36. The molecule has 0 aliphatic carbocycles. The minimum atomic E-state index is 0.159. The fourth-order valence-electron chi connectivity index (χ4n) is 1.93. The molecular formula is C18H22BrNS. The Balaban J connectivity index is 2.09. The van der Waals surface area contributed by atoms with E-state index in [1.807, 2.05) is 11.3 Å². The van der Waals surface area contributed by atoms with Gasteiger partial charge in [-0.25, -0.2) is 0 Å². The molecule has 1 N–H and O–H groups in total. The van der Waals surface area contributed by atoms with E-state index in [0.717, 1.165) is 11.0 Å². The predicted molar refractivity (Wildman–Crippen MR) is 98.9 cm³/mol. The van der Waals surface area contributed by atoms with Gasteiger partial charge in [0, 0.05) is 26.3 Å². The van der Waals surface area contributed by atoms with Crippen molar-refractivity contribution in [3.8, 4) is 10.4 Å². The first-order valence-electron chi connectivity index (χ1n) is 7.11. The van der Waals surface area contributed by atoms with E-state index in [-0.39, 0.29) is 5.54 Å². The molecule has 0 saturated heterocycles. The SMILES string of the molecule is CC(=Cc1ccc(-c2cccc(Br)c2)s1)CNC(C)(C)C. The van der Waals surface area contributed by atoms with Crippen LogP contribution in [0.4, 0.5) is 0 Å². The topological polar surface area (TPSA) is 12.0 Å². The van der Waals surface area contributed by atoms with Crippen LogP contribution in [0, 0.1) is 0 Å². The second-order valence-electron chi connectivity index (χ2n) is 6.31. The van der Waals surface area contributed by atoms with Crippen molar-refractivity contribution in [3.63, 3.8) is 0 Å². The summed E-state index contributed by atoms with van der Waals surface area (Å²) in [6.07, 6.45) is 2.27. The molecule has 21 heavy (non-hydrogen) atoms. The van der Waals surface area contributed by atoms with Gasteiger partial charge in [0.15, 0.2) is 0 Å². The average molecular weight is 364 g/mol. The number of halogens is 1. The number of hydrogen-bond donors (Lipinski definition) is 1. The lowest BCUT2D eigenvalue weighted by Gasteiger charge is -2.20. The number of rotatable bonds is 4. The molecule has 0 aliphatic heterocycles. The first kappa shape index (κ1) is 16.5. The summed E-state index contributed by atoms with van der Waals surface area (Å²) in [5, 5.41) is 3.52. The average Bonchev–Trinajstić information content (AvgIpc) is 2.84. The van der Waals surface area contributed by atoms with Crippen molar-refractivity contribution < 1.29 is 0 Å². The van der Waals surface area contributed by atoms with Gasteiger partial charge in [-0.3, -0.25) is 0 Å². The molecule has 1 nitrogen and oxygen atoms in total. The number of thiophene rings is 1. The molecule has 0 saturated carbocycles. The van der Waals surface area contributed by atoms with Gasteiger partial charge >= 0.3 is 0 Å². The fourth-order valence-corrected chi connectivity index (χ4v) is 3.36. The maximum atomic E-state index is 3.53. The number of hydrogen-bond acceptors (Lipinski definition) is 2. The molecular weight excluding hydrogens is 342 g/mol. The van der Waals surface area contributed by atoms with E-state index in [9.17, 15) is 0 Å². The number of benzene rings is 1. The molecule has 112 valence electrons. The second kappa shape index (κ2) is 6.91. The molecule has 1 heterocycles. The van der Waals surface area contributed by atoms with Crippen LogP contribution in [0.15, 0.2) is 46.4 Å². The molecule has 0 radical (unpaired) electrons. The Labute approximate surface area is 140 Å². The quantitative estimate of drug-likeness (QED) is 0.705. The monoisotopic (exact) mass is 363 g/mol. The van der Waals surface area contributed by atoms with Gasteiger partial charge < -0.3 is 5.32 Å². The molecule has 0 aliphatic rings. The minimum absolute atomic E-state index is 0.159. The van der Waals surface area contributed by atoms with Gasteiger partial charge in [0.2, 0.25) is 0 Å². The Bertz CT molecular complexity index is 635. The highest BCUT2D eigenvalue weighted by molar-refractivity contribution is 9.10. The summed E-state index contributed by atoms with van der Waals surface area (Å²) in [6, 6.07) is 12.8. The molecule has 2 aromatic rings. The van der Waals surface area contributed by atoms with E-state index in [2.05, 4.69) is 91.4 Å². The van der Waals surface area contributed by atoms with Crippen molar-refractivity contribution in [1.29, 1.82) is 0 Å². The third-order valence-corrected chi connectivity index (χ3v) is 4.60. The van der Waals surface area contributed by atoms with Crippen molar-refractivity contribution >= 4 is 33.3 Å². The van der Waals surface area contributed by atoms with E-state index >= 15 is 0 Å². The second-order valence-corrected chi connectivity index (χ2v) is 8.34. The summed E-state index contributed by atoms with van der Waals surface area (Å²) in [5.41, 5.74) is 2.78. The standard InChI is InChI=1S/C18H22BrNS/c1-13(12-20-18(2,3)4)10-16-8-9-17(21-16)14-6-5-7-15(19)11-14/h5-11,20H,12H2,1-4H3. The Morgan fingerprint density at radius 1 is 1.24 bits per heavy atom. The van der Waals surface area contributed by atoms with Crippen molar-refractivity contribution in [1.82, 2.24) is 5.32 Å². The number of nitrogens with one attached hydrogen (secondary N) is 1. The lowest BCUT2D eigenvalue weighted by atomic mass is 10.1. The van der Waals surface area contributed by atoms with Crippen LogP contribution in [0.3, 0.4) is 0 Å². The van der Waals surface area contributed by atoms with Gasteiger partial charge in [0.1, 0.15) is 0 Å². The van der Waals surface area contributed by atoms with Crippen LogP contribution in [0.5, 0.6) is 0 Å². The van der Waals surface area contributed by atoms with Crippen molar-refractivity contribution in [2.75, 3.05) is 6.54 Å². The third kappa shape index (κ3) is 5.42. The minimum Gasteiger partial charge on any atom is -0.308 e. The van der Waals surface area contributed by atoms with Gasteiger partial charge in [0.25, 0.3) is 0 Å². The van der Waals surface area contributed by atoms with E-state index in [1.165, 1.54) is 20.9 Å². The fraction of sp³-hybridized carbons (Fsp3) is 0.333. The summed E-state index contributed by atoms with van der Waals surface area (Å²) < 4.78 is 1.12. The zero-order valence-electron chi connectivity index (χ0n) is 13.0. The largest absolute Gasteiger partial charge is 0.308 e. The molecule has 0 atom stereocenters. The normalized spacial score (nSPS) is 12.7. The van der Waals surface area contributed by atoms with E-state index in [4.69, 9.17) is 0 Å². The highest BCUT2D eigenvalue weighted by atomic mass is 79.9. The summed E-state index contributed by atoms with van der Waals surface area (Å²) in [7, 11) is 0. The first-order valence-corrected chi connectivity index (χ1v) is 8.72. The molecule has 2 rings (SSSR count). The molecule has 1 aromatic carbocycles. The summed E-state index contributed by atoms with van der Waals surface area (Å²) in [6.45, 7) is 9.68. The van der Waals surface area contributed by atoms with Gasteiger partial charge in [-0.1, -0.05) is 33.6 Å². The van der Waals surface area contributed by atoms with Crippen LogP contribution in [0.2, 0.25) is 0 Å². The molecule has 0 spiro atoms. The Kier molecular flexibility index (Phi) is 5.42.